The van der Waals surface area contributed by atoms with Crippen molar-refractivity contribution in [1.29, 1.82) is 0 Å². The number of carbonyl (C=O) groups is 1. The molecule has 31 heavy (non-hydrogen) atoms. The maximum Gasteiger partial charge on any atom is 0.228 e. The molecule has 154 valence electrons. The van der Waals surface area contributed by atoms with Gasteiger partial charge in [0.05, 0.1) is 30.9 Å². The van der Waals surface area contributed by atoms with Crippen LogP contribution in [-0.2, 0) is 11.2 Å². The highest BCUT2D eigenvalue weighted by molar-refractivity contribution is 6.00. The van der Waals surface area contributed by atoms with E-state index in [4.69, 9.17) is 4.98 Å². The van der Waals surface area contributed by atoms with Crippen molar-refractivity contribution in [3.63, 3.8) is 0 Å². The Kier molecular flexibility index (Phi) is 3.83. The van der Waals surface area contributed by atoms with Gasteiger partial charge in [0, 0.05) is 29.2 Å². The van der Waals surface area contributed by atoms with Crippen molar-refractivity contribution < 1.29 is 13.6 Å². The maximum absolute atomic E-state index is 13.6. The minimum Gasteiger partial charge on any atom is -0.348 e. The molecule has 6 nitrogen and oxygen atoms in total. The molecule has 1 fully saturated rings. The number of anilines is 2. The van der Waals surface area contributed by atoms with Gasteiger partial charge in [0.1, 0.15) is 12.0 Å². The summed E-state index contributed by atoms with van der Waals surface area (Å²) in [4.78, 5) is 23.0. The summed E-state index contributed by atoms with van der Waals surface area (Å²) < 4.78 is 29.0. The zero-order valence-corrected chi connectivity index (χ0v) is 16.3. The number of halogens is 2. The van der Waals surface area contributed by atoms with Crippen LogP contribution >= 0.6 is 0 Å². The van der Waals surface area contributed by atoms with Gasteiger partial charge in [-0.1, -0.05) is 6.07 Å². The monoisotopic (exact) mass is 417 g/mol. The summed E-state index contributed by atoms with van der Waals surface area (Å²) in [5, 5.41) is 2.85. The van der Waals surface area contributed by atoms with E-state index in [0.29, 0.717) is 23.6 Å². The van der Waals surface area contributed by atoms with Gasteiger partial charge in [0.15, 0.2) is 11.5 Å². The molecule has 0 spiro atoms. The lowest BCUT2D eigenvalue weighted by Crippen LogP contribution is -2.49. The van der Waals surface area contributed by atoms with Crippen LogP contribution in [0.2, 0.25) is 0 Å². The third-order valence-electron chi connectivity index (χ3n) is 5.78. The Morgan fingerprint density at radius 2 is 1.84 bits per heavy atom. The second-order valence-corrected chi connectivity index (χ2v) is 7.86. The van der Waals surface area contributed by atoms with Gasteiger partial charge < -0.3 is 10.2 Å². The van der Waals surface area contributed by atoms with E-state index in [0.717, 1.165) is 28.1 Å². The predicted molar refractivity (Wildman–Crippen MR) is 113 cm³/mol. The first-order valence-corrected chi connectivity index (χ1v) is 10.0. The normalized spacial score (nSPS) is 15.8. The average Bonchev–Trinajstić information content (AvgIpc) is 3.31. The van der Waals surface area contributed by atoms with Gasteiger partial charge in [-0.05, 0) is 42.0 Å². The van der Waals surface area contributed by atoms with E-state index in [9.17, 15) is 13.6 Å². The van der Waals surface area contributed by atoms with E-state index >= 15 is 0 Å². The van der Waals surface area contributed by atoms with E-state index in [1.165, 1.54) is 12.1 Å². The summed E-state index contributed by atoms with van der Waals surface area (Å²) in [7, 11) is 0. The molecule has 0 unspecified atom stereocenters. The van der Waals surface area contributed by atoms with Gasteiger partial charge in [0.2, 0.25) is 5.91 Å². The van der Waals surface area contributed by atoms with Crippen molar-refractivity contribution in [2.24, 2.45) is 0 Å². The number of fused-ring (bicyclic) bond motifs is 2. The molecule has 2 aromatic carbocycles. The molecule has 4 aromatic rings. The molecule has 0 radical (unpaired) electrons. The highest BCUT2D eigenvalue weighted by atomic mass is 19.1. The molecule has 8 heteroatoms. The van der Waals surface area contributed by atoms with E-state index in [1.54, 1.807) is 18.3 Å². The Morgan fingerprint density at radius 1 is 1.06 bits per heavy atom. The summed E-state index contributed by atoms with van der Waals surface area (Å²) in [6.45, 7) is 0.570. The number of carbonyl (C=O) groups excluding carboxylic acids is 1. The molecule has 6 rings (SSSR count). The molecule has 0 atom stereocenters. The second-order valence-electron chi connectivity index (χ2n) is 7.86. The summed E-state index contributed by atoms with van der Waals surface area (Å²) in [6, 6.07) is 12.0. The molecule has 2 aliphatic rings. The smallest absolute Gasteiger partial charge is 0.228 e. The lowest BCUT2D eigenvalue weighted by atomic mass is 10.0. The van der Waals surface area contributed by atoms with Crippen LogP contribution in [0.4, 0.5) is 20.3 Å². The number of benzene rings is 2. The Balaban J connectivity index is 1.59. The molecule has 0 saturated carbocycles. The second kappa shape index (κ2) is 6.60. The van der Waals surface area contributed by atoms with Crippen LogP contribution in [0.1, 0.15) is 5.56 Å². The van der Waals surface area contributed by atoms with E-state index in [1.807, 2.05) is 33.7 Å². The number of rotatable bonds is 3. The van der Waals surface area contributed by atoms with Gasteiger partial charge in [-0.3, -0.25) is 9.20 Å². The molecule has 1 amide bonds. The summed E-state index contributed by atoms with van der Waals surface area (Å²) >= 11 is 0. The molecule has 0 bridgehead atoms. The topological polar surface area (TPSA) is 62.5 Å². The lowest BCUT2D eigenvalue weighted by molar-refractivity contribution is -0.115. The number of aromatic nitrogens is 3. The predicted octanol–water partition coefficient (Wildman–Crippen LogP) is 3.86. The van der Waals surface area contributed by atoms with Crippen LogP contribution in [0.3, 0.4) is 0 Å². The standard InChI is InChI=1S/C23H17F2N5O/c24-16-4-1-13(2-5-16)20-21(14-3-6-18-15(9-14)10-19(31)27-18)30-8-7-26-22(23(30)28-20)29-11-17(25)12-29/h1-9,17H,10-12H2,(H,27,31). The molecular formula is C23H17F2N5O. The van der Waals surface area contributed by atoms with Crippen molar-refractivity contribution in [3.05, 3.63) is 66.2 Å². The minimum atomic E-state index is -0.866. The Hall–Kier alpha value is -3.81. The van der Waals surface area contributed by atoms with E-state index in [-0.39, 0.29) is 24.8 Å². The van der Waals surface area contributed by atoms with Gasteiger partial charge in [-0.25, -0.2) is 18.7 Å². The van der Waals surface area contributed by atoms with Crippen molar-refractivity contribution in [2.75, 3.05) is 23.3 Å². The fraction of sp³-hybridized carbons (Fsp3) is 0.174. The zero-order chi connectivity index (χ0) is 21.1. The molecule has 2 aromatic heterocycles. The van der Waals surface area contributed by atoms with Crippen LogP contribution in [0.25, 0.3) is 28.2 Å². The number of nitrogens with zero attached hydrogens (tertiary/aromatic N) is 4. The number of alkyl halides is 1. The summed E-state index contributed by atoms with van der Waals surface area (Å²) in [5.41, 5.74) is 5.45. The lowest BCUT2D eigenvalue weighted by Gasteiger charge is -2.35. The number of imidazole rings is 1. The molecular weight excluding hydrogens is 400 g/mol. The first kappa shape index (κ1) is 18.0. The third-order valence-corrected chi connectivity index (χ3v) is 5.78. The van der Waals surface area contributed by atoms with Crippen molar-refractivity contribution in [3.8, 4) is 22.5 Å². The van der Waals surface area contributed by atoms with Gasteiger partial charge in [-0.15, -0.1) is 0 Å². The third kappa shape index (κ3) is 2.86. The van der Waals surface area contributed by atoms with Crippen LogP contribution in [-0.4, -0.2) is 39.5 Å². The number of amides is 1. The fourth-order valence-electron chi connectivity index (χ4n) is 4.25. The van der Waals surface area contributed by atoms with E-state index in [2.05, 4.69) is 10.3 Å². The largest absolute Gasteiger partial charge is 0.348 e. The fourth-order valence-corrected chi connectivity index (χ4v) is 4.25. The van der Waals surface area contributed by atoms with Gasteiger partial charge in [0.25, 0.3) is 0 Å². The first-order valence-electron chi connectivity index (χ1n) is 10.0. The first-order chi connectivity index (χ1) is 15.1. The molecule has 4 heterocycles. The molecule has 0 aliphatic carbocycles. The van der Waals surface area contributed by atoms with Crippen molar-refractivity contribution in [1.82, 2.24) is 14.4 Å². The number of hydrogen-bond acceptors (Lipinski definition) is 4. The quantitative estimate of drug-likeness (QED) is 0.550. The van der Waals surface area contributed by atoms with Crippen LogP contribution in [0.15, 0.2) is 54.9 Å². The maximum atomic E-state index is 13.6. The van der Waals surface area contributed by atoms with Gasteiger partial charge >= 0.3 is 0 Å². The zero-order valence-electron chi connectivity index (χ0n) is 16.3. The summed E-state index contributed by atoms with van der Waals surface area (Å²) in [6.07, 6.45) is 2.95. The van der Waals surface area contributed by atoms with Crippen molar-refractivity contribution >= 4 is 23.1 Å². The minimum absolute atomic E-state index is 0.0332. The van der Waals surface area contributed by atoms with E-state index < -0.39 is 6.17 Å². The highest BCUT2D eigenvalue weighted by Gasteiger charge is 2.30. The van der Waals surface area contributed by atoms with Crippen LogP contribution in [0.5, 0.6) is 0 Å². The molecule has 1 N–H and O–H groups in total. The number of nitrogens with one attached hydrogen (secondary N) is 1. The summed E-state index contributed by atoms with van der Waals surface area (Å²) in [5.74, 6) is 0.256. The van der Waals surface area contributed by atoms with Crippen LogP contribution < -0.4 is 10.2 Å². The number of hydrogen-bond donors (Lipinski definition) is 1. The molecule has 2 aliphatic heterocycles. The van der Waals surface area contributed by atoms with Crippen molar-refractivity contribution in [2.45, 2.75) is 12.6 Å². The van der Waals surface area contributed by atoms with Gasteiger partial charge in [-0.2, -0.15) is 0 Å². The highest BCUT2D eigenvalue weighted by Crippen LogP contribution is 2.38. The Morgan fingerprint density at radius 3 is 2.61 bits per heavy atom. The van der Waals surface area contributed by atoms with Crippen LogP contribution in [0, 0.1) is 5.82 Å². The molecule has 1 saturated heterocycles. The average molecular weight is 417 g/mol. The SMILES string of the molecule is O=C1Cc2cc(-c3c(-c4ccc(F)cc4)nc4c(N5CC(F)C5)nccn34)ccc2N1. The Bertz CT molecular complexity index is 1340. The Labute approximate surface area is 176 Å².